The molecular formula is C24H22N2. The Hall–Kier alpha value is -2.94. The van der Waals surface area contributed by atoms with Crippen molar-refractivity contribution in [3.63, 3.8) is 0 Å². The van der Waals surface area contributed by atoms with Crippen molar-refractivity contribution in [2.24, 2.45) is 0 Å². The molecule has 0 aliphatic heterocycles. The Morgan fingerprint density at radius 3 is 0.846 bits per heavy atom. The molecule has 0 bridgehead atoms. The molecule has 2 heteroatoms. The van der Waals surface area contributed by atoms with E-state index in [4.69, 9.17) is 0 Å². The Bertz CT molecular complexity index is 1020. The first-order valence-corrected chi connectivity index (χ1v) is 8.87. The molecule has 0 radical (unpaired) electrons. The van der Waals surface area contributed by atoms with Gasteiger partial charge in [-0.3, -0.25) is 10.9 Å². The summed E-state index contributed by atoms with van der Waals surface area (Å²) in [5, 5.41) is 10.4. The van der Waals surface area contributed by atoms with Crippen LogP contribution in [0.2, 0.25) is 0 Å². The maximum Gasteiger partial charge on any atom is -0.00150 e. The fourth-order valence-electron chi connectivity index (χ4n) is 3.39. The summed E-state index contributed by atoms with van der Waals surface area (Å²) in [6.07, 6.45) is 0. The first-order valence-electron chi connectivity index (χ1n) is 8.87. The van der Waals surface area contributed by atoms with Crippen LogP contribution >= 0.6 is 0 Å². The molecule has 2 N–H and O–H groups in total. The van der Waals surface area contributed by atoms with E-state index in [0.717, 1.165) is 0 Å². The second-order valence-corrected chi connectivity index (χ2v) is 6.45. The minimum absolute atomic E-state index is 1.30. The molecule has 0 spiro atoms. The predicted molar refractivity (Wildman–Crippen MR) is 115 cm³/mol. The van der Waals surface area contributed by atoms with Gasteiger partial charge in [-0.25, -0.2) is 0 Å². The summed E-state index contributed by atoms with van der Waals surface area (Å²) >= 11 is 0. The fourth-order valence-corrected chi connectivity index (χ4v) is 3.39. The molecule has 5 rings (SSSR count). The third-order valence-corrected chi connectivity index (χ3v) is 4.77. The summed E-state index contributed by atoms with van der Waals surface area (Å²) in [7, 11) is 3.64. The maximum atomic E-state index is 2.68. The van der Waals surface area contributed by atoms with Crippen LogP contribution < -0.4 is 10.9 Å². The van der Waals surface area contributed by atoms with E-state index in [1.54, 1.807) is 0 Å². The smallest absolute Gasteiger partial charge is 0.00150 e. The van der Waals surface area contributed by atoms with Crippen molar-refractivity contribution in [3.05, 3.63) is 84.9 Å². The van der Waals surface area contributed by atoms with Gasteiger partial charge in [-0.15, -0.1) is 0 Å². The van der Waals surface area contributed by atoms with Crippen LogP contribution in [0.3, 0.4) is 0 Å². The van der Waals surface area contributed by atoms with Crippen molar-refractivity contribution in [1.82, 2.24) is 10.9 Å². The van der Waals surface area contributed by atoms with Crippen LogP contribution in [0.1, 0.15) is 0 Å². The third kappa shape index (κ3) is 3.13. The normalized spacial score (nSPS) is 11.0. The van der Waals surface area contributed by atoms with Crippen molar-refractivity contribution in [2.45, 2.75) is 0 Å². The molecule has 128 valence electrons. The van der Waals surface area contributed by atoms with Gasteiger partial charge < -0.3 is 0 Å². The Morgan fingerprint density at radius 2 is 0.615 bits per heavy atom. The van der Waals surface area contributed by atoms with Gasteiger partial charge in [0.05, 0.1) is 0 Å². The molecule has 5 aromatic rings. The number of nitrogens with one attached hydrogen (secondary N) is 2. The van der Waals surface area contributed by atoms with Gasteiger partial charge in [-0.2, -0.15) is 0 Å². The van der Waals surface area contributed by atoms with Crippen LogP contribution in [0.25, 0.3) is 43.1 Å². The molecule has 0 aliphatic carbocycles. The SMILES string of the molecule is CNNC.c1ccc2cc3cc4cc5ccccc5cc4cc3cc2c1. The van der Waals surface area contributed by atoms with Gasteiger partial charge in [0, 0.05) is 0 Å². The zero-order valence-electron chi connectivity index (χ0n) is 15.1. The van der Waals surface area contributed by atoms with Crippen molar-refractivity contribution < 1.29 is 0 Å². The second kappa shape index (κ2) is 7.12. The van der Waals surface area contributed by atoms with Crippen LogP contribution in [0.4, 0.5) is 0 Å². The van der Waals surface area contributed by atoms with Gasteiger partial charge in [0.25, 0.3) is 0 Å². The van der Waals surface area contributed by atoms with Crippen molar-refractivity contribution in [3.8, 4) is 0 Å². The van der Waals surface area contributed by atoms with E-state index >= 15 is 0 Å². The van der Waals surface area contributed by atoms with E-state index in [2.05, 4.69) is 95.8 Å². The number of hydrazine groups is 1. The molecule has 0 amide bonds. The van der Waals surface area contributed by atoms with Crippen LogP contribution in [0, 0.1) is 0 Å². The summed E-state index contributed by atoms with van der Waals surface area (Å²) in [4.78, 5) is 0. The summed E-state index contributed by atoms with van der Waals surface area (Å²) in [6.45, 7) is 0. The minimum Gasteiger partial charge on any atom is -0.261 e. The largest absolute Gasteiger partial charge is 0.261 e. The number of benzene rings is 5. The molecule has 0 atom stereocenters. The standard InChI is InChI=1S/C22H14.C2H8N2/c1-2-6-16-10-20-14-22-12-18-8-4-3-7-17(18)11-21(22)13-19(20)9-15(16)5-1;1-3-4-2/h1-14H;3-4H,1-2H3. The molecule has 5 aromatic carbocycles. The fraction of sp³-hybridized carbons (Fsp3) is 0.0833. The lowest BCUT2D eigenvalue weighted by Gasteiger charge is -2.07. The summed E-state index contributed by atoms with van der Waals surface area (Å²) in [5.41, 5.74) is 5.36. The Labute approximate surface area is 153 Å². The maximum absolute atomic E-state index is 2.68. The quantitative estimate of drug-likeness (QED) is 0.305. The Balaban J connectivity index is 0.000000385. The van der Waals surface area contributed by atoms with E-state index in [1.807, 2.05) is 14.1 Å². The van der Waals surface area contributed by atoms with E-state index in [-0.39, 0.29) is 0 Å². The zero-order chi connectivity index (χ0) is 17.9. The van der Waals surface area contributed by atoms with Gasteiger partial charge in [-0.05, 0) is 93.6 Å². The van der Waals surface area contributed by atoms with E-state index in [0.29, 0.717) is 0 Å². The summed E-state index contributed by atoms with van der Waals surface area (Å²) < 4.78 is 0. The van der Waals surface area contributed by atoms with Crippen LogP contribution in [0.5, 0.6) is 0 Å². The topological polar surface area (TPSA) is 24.1 Å². The highest BCUT2D eigenvalue weighted by molar-refractivity contribution is 6.08. The Kier molecular flexibility index (Phi) is 4.53. The zero-order valence-corrected chi connectivity index (χ0v) is 15.1. The summed E-state index contributed by atoms with van der Waals surface area (Å²) in [6, 6.07) is 30.9. The third-order valence-electron chi connectivity index (χ3n) is 4.77. The van der Waals surface area contributed by atoms with Gasteiger partial charge in [-0.1, -0.05) is 48.5 Å². The Morgan fingerprint density at radius 1 is 0.385 bits per heavy atom. The van der Waals surface area contributed by atoms with Crippen LogP contribution in [-0.4, -0.2) is 14.1 Å². The van der Waals surface area contributed by atoms with Crippen molar-refractivity contribution >= 4 is 43.1 Å². The van der Waals surface area contributed by atoms with Gasteiger partial charge in [0.1, 0.15) is 0 Å². The molecule has 0 saturated heterocycles. The van der Waals surface area contributed by atoms with E-state index in [9.17, 15) is 0 Å². The van der Waals surface area contributed by atoms with Crippen LogP contribution in [0.15, 0.2) is 84.9 Å². The molecule has 0 aliphatic rings. The van der Waals surface area contributed by atoms with Gasteiger partial charge in [0.2, 0.25) is 0 Å². The molecule has 0 unspecified atom stereocenters. The number of hydrogen-bond acceptors (Lipinski definition) is 2. The van der Waals surface area contributed by atoms with Crippen molar-refractivity contribution in [1.29, 1.82) is 0 Å². The van der Waals surface area contributed by atoms with Gasteiger partial charge in [0.15, 0.2) is 0 Å². The minimum atomic E-state index is 1.30. The second-order valence-electron chi connectivity index (χ2n) is 6.45. The predicted octanol–water partition coefficient (Wildman–Crippen LogP) is 5.64. The number of hydrogen-bond donors (Lipinski definition) is 2. The molecule has 0 aromatic heterocycles. The summed E-state index contributed by atoms with van der Waals surface area (Å²) in [5.74, 6) is 0. The molecule has 2 nitrogen and oxygen atoms in total. The molecule has 0 fully saturated rings. The van der Waals surface area contributed by atoms with Crippen LogP contribution in [-0.2, 0) is 0 Å². The highest BCUT2D eigenvalue weighted by atomic mass is 15.3. The highest BCUT2D eigenvalue weighted by Crippen LogP contribution is 2.29. The molecule has 0 saturated carbocycles. The lowest BCUT2D eigenvalue weighted by Crippen LogP contribution is -2.21. The average molecular weight is 338 g/mol. The lowest BCUT2D eigenvalue weighted by molar-refractivity contribution is 0.689. The van der Waals surface area contributed by atoms with Crippen molar-refractivity contribution in [2.75, 3.05) is 14.1 Å². The average Bonchev–Trinajstić information content (AvgIpc) is 2.69. The molecule has 0 heterocycles. The van der Waals surface area contributed by atoms with E-state index < -0.39 is 0 Å². The molecular weight excluding hydrogens is 316 g/mol. The number of rotatable bonds is 1. The number of fused-ring (bicyclic) bond motifs is 4. The molecule has 26 heavy (non-hydrogen) atoms. The lowest BCUT2D eigenvalue weighted by atomic mass is 9.97. The first kappa shape index (κ1) is 16.5. The van der Waals surface area contributed by atoms with Gasteiger partial charge >= 0.3 is 0 Å². The monoisotopic (exact) mass is 338 g/mol. The highest BCUT2D eigenvalue weighted by Gasteiger charge is 2.02. The first-order chi connectivity index (χ1) is 12.8. The van der Waals surface area contributed by atoms with E-state index in [1.165, 1.54) is 43.1 Å².